The summed E-state index contributed by atoms with van der Waals surface area (Å²) in [6.45, 7) is 0.340. The third-order valence-corrected chi connectivity index (χ3v) is 2.73. The van der Waals surface area contributed by atoms with Crippen molar-refractivity contribution in [3.8, 4) is 5.75 Å². The van der Waals surface area contributed by atoms with Gasteiger partial charge in [-0.2, -0.15) is 0 Å². The average molecular weight is 290 g/mol. The lowest BCUT2D eigenvalue weighted by molar-refractivity contribution is 0.187. The van der Waals surface area contributed by atoms with Crippen LogP contribution in [0.1, 0.15) is 5.56 Å². The first-order valence-corrected chi connectivity index (χ1v) is 6.24. The van der Waals surface area contributed by atoms with Gasteiger partial charge in [-0.3, -0.25) is 5.32 Å². The molecule has 0 saturated carbocycles. The summed E-state index contributed by atoms with van der Waals surface area (Å²) in [4.78, 5) is 11.1. The molecular weight excluding hydrogens is 275 g/mol. The van der Waals surface area contributed by atoms with E-state index >= 15 is 0 Å². The lowest BCUT2D eigenvalue weighted by Gasteiger charge is -2.09. The summed E-state index contributed by atoms with van der Waals surface area (Å²) in [7, 11) is 1.29. The fraction of sp³-hybridized carbons (Fsp3) is 0.133. The van der Waals surface area contributed by atoms with E-state index in [9.17, 15) is 14.3 Å². The number of halogens is 1. The van der Waals surface area contributed by atoms with Crippen LogP contribution in [0.5, 0.6) is 5.75 Å². The quantitative estimate of drug-likeness (QED) is 0.808. The highest BCUT2D eigenvalue weighted by molar-refractivity contribution is 5.85. The van der Waals surface area contributed by atoms with Crippen LogP contribution in [-0.2, 0) is 11.3 Å². The molecule has 110 valence electrons. The minimum atomic E-state index is -0.554. The highest BCUT2D eigenvalue weighted by atomic mass is 19.1. The Morgan fingerprint density at radius 3 is 2.71 bits per heavy atom. The van der Waals surface area contributed by atoms with Gasteiger partial charge in [-0.1, -0.05) is 6.07 Å². The zero-order valence-corrected chi connectivity index (χ0v) is 11.4. The number of benzene rings is 2. The number of amides is 1. The molecule has 2 rings (SSSR count). The zero-order chi connectivity index (χ0) is 15.2. The fourth-order valence-corrected chi connectivity index (χ4v) is 1.82. The molecule has 0 aliphatic carbocycles. The third-order valence-electron chi connectivity index (χ3n) is 2.73. The van der Waals surface area contributed by atoms with E-state index in [1.165, 1.54) is 19.2 Å². The molecular formula is C15H15FN2O3. The topological polar surface area (TPSA) is 70.6 Å². The summed E-state index contributed by atoms with van der Waals surface area (Å²) >= 11 is 0. The molecule has 0 saturated heterocycles. The van der Waals surface area contributed by atoms with Gasteiger partial charge in [0, 0.05) is 24.0 Å². The number of hydrogen-bond donors (Lipinski definition) is 3. The molecule has 0 aromatic heterocycles. The molecule has 3 N–H and O–H groups in total. The van der Waals surface area contributed by atoms with Gasteiger partial charge in [-0.15, -0.1) is 0 Å². The normalized spacial score (nSPS) is 10.0. The Bertz CT molecular complexity index is 626. The van der Waals surface area contributed by atoms with Crippen molar-refractivity contribution in [1.82, 2.24) is 0 Å². The number of carbonyl (C=O) groups excluding carboxylic acids is 1. The van der Waals surface area contributed by atoms with Crippen molar-refractivity contribution in [2.75, 3.05) is 17.7 Å². The van der Waals surface area contributed by atoms with Gasteiger partial charge >= 0.3 is 6.09 Å². The van der Waals surface area contributed by atoms with E-state index < -0.39 is 11.9 Å². The third kappa shape index (κ3) is 4.38. The number of nitrogens with one attached hydrogen (secondary N) is 2. The Hall–Kier alpha value is -2.76. The molecule has 0 unspecified atom stereocenters. The Labute approximate surface area is 121 Å². The second-order valence-corrected chi connectivity index (χ2v) is 4.37. The Balaban J connectivity index is 2.02. The highest BCUT2D eigenvalue weighted by Crippen LogP contribution is 2.18. The first kappa shape index (κ1) is 14.6. The number of rotatable bonds is 4. The molecule has 0 radical (unpaired) electrons. The number of methoxy groups -OCH3 is 1. The predicted octanol–water partition coefficient (Wildman–Crippen LogP) is 3.32. The van der Waals surface area contributed by atoms with E-state index in [1.54, 1.807) is 18.2 Å². The van der Waals surface area contributed by atoms with Crippen molar-refractivity contribution in [2.45, 2.75) is 6.54 Å². The van der Waals surface area contributed by atoms with Crippen LogP contribution in [0.3, 0.4) is 0 Å². The number of anilines is 2. The van der Waals surface area contributed by atoms with E-state index in [4.69, 9.17) is 0 Å². The molecule has 6 heteroatoms. The summed E-state index contributed by atoms with van der Waals surface area (Å²) in [5.74, 6) is -0.610. The number of ether oxygens (including phenoxy) is 1. The predicted molar refractivity (Wildman–Crippen MR) is 77.9 cm³/mol. The van der Waals surface area contributed by atoms with Gasteiger partial charge in [0.25, 0.3) is 0 Å². The van der Waals surface area contributed by atoms with Crippen LogP contribution in [0.15, 0.2) is 42.5 Å². The molecule has 0 spiro atoms. The van der Waals surface area contributed by atoms with Crippen molar-refractivity contribution in [1.29, 1.82) is 0 Å². The molecule has 0 bridgehead atoms. The second-order valence-electron chi connectivity index (χ2n) is 4.37. The van der Waals surface area contributed by atoms with Crippen molar-refractivity contribution in [3.05, 3.63) is 53.8 Å². The van der Waals surface area contributed by atoms with Gasteiger partial charge in [0.15, 0.2) is 0 Å². The smallest absolute Gasteiger partial charge is 0.411 e. The van der Waals surface area contributed by atoms with Crippen LogP contribution in [0.25, 0.3) is 0 Å². The van der Waals surface area contributed by atoms with Gasteiger partial charge < -0.3 is 15.2 Å². The summed E-state index contributed by atoms with van der Waals surface area (Å²) in [6.07, 6.45) is -0.554. The number of phenolic OH excluding ortho intramolecular Hbond substituents is 1. The van der Waals surface area contributed by atoms with Crippen LogP contribution in [-0.4, -0.2) is 18.3 Å². The minimum Gasteiger partial charge on any atom is -0.508 e. The Kier molecular flexibility index (Phi) is 4.61. The van der Waals surface area contributed by atoms with Gasteiger partial charge in [0.05, 0.1) is 7.11 Å². The van der Waals surface area contributed by atoms with E-state index in [0.717, 1.165) is 11.8 Å². The Morgan fingerprint density at radius 1 is 1.24 bits per heavy atom. The summed E-state index contributed by atoms with van der Waals surface area (Å²) < 4.78 is 17.7. The highest BCUT2D eigenvalue weighted by Gasteiger charge is 2.03. The molecule has 0 aliphatic rings. The van der Waals surface area contributed by atoms with Crippen LogP contribution in [0, 0.1) is 5.82 Å². The molecule has 1 amide bonds. The largest absolute Gasteiger partial charge is 0.508 e. The van der Waals surface area contributed by atoms with Gasteiger partial charge in [-0.05, 0) is 35.9 Å². The van der Waals surface area contributed by atoms with Crippen molar-refractivity contribution < 1.29 is 19.0 Å². The molecule has 0 fully saturated rings. The van der Waals surface area contributed by atoms with Crippen molar-refractivity contribution in [3.63, 3.8) is 0 Å². The van der Waals surface area contributed by atoms with E-state index in [-0.39, 0.29) is 5.75 Å². The van der Waals surface area contributed by atoms with Crippen LogP contribution >= 0.6 is 0 Å². The standard InChI is InChI=1S/C15H15FN2O3/c1-21-15(20)18-13-4-2-3-12(8-13)17-9-10-5-11(16)7-14(19)6-10/h2-8,17,19H,9H2,1H3,(H,18,20). The lowest BCUT2D eigenvalue weighted by atomic mass is 10.2. The number of hydrogen-bond acceptors (Lipinski definition) is 4. The zero-order valence-electron chi connectivity index (χ0n) is 11.4. The van der Waals surface area contributed by atoms with Crippen LogP contribution in [0.4, 0.5) is 20.6 Å². The van der Waals surface area contributed by atoms with Crippen molar-refractivity contribution >= 4 is 17.5 Å². The first-order valence-electron chi connectivity index (χ1n) is 6.24. The SMILES string of the molecule is COC(=O)Nc1cccc(NCc2cc(O)cc(F)c2)c1. The molecule has 2 aromatic carbocycles. The number of aromatic hydroxyl groups is 1. The second kappa shape index (κ2) is 6.60. The molecule has 2 aromatic rings. The Morgan fingerprint density at radius 2 is 2.00 bits per heavy atom. The number of carbonyl (C=O) groups is 1. The van der Waals surface area contributed by atoms with E-state index in [0.29, 0.717) is 17.8 Å². The van der Waals surface area contributed by atoms with Crippen molar-refractivity contribution in [2.24, 2.45) is 0 Å². The molecule has 5 nitrogen and oxygen atoms in total. The molecule has 0 atom stereocenters. The maximum Gasteiger partial charge on any atom is 0.411 e. The van der Waals surface area contributed by atoms with E-state index in [2.05, 4.69) is 15.4 Å². The maximum absolute atomic E-state index is 13.2. The molecule has 0 aliphatic heterocycles. The first-order chi connectivity index (χ1) is 10.1. The minimum absolute atomic E-state index is 0.118. The maximum atomic E-state index is 13.2. The van der Waals surface area contributed by atoms with Crippen LogP contribution in [0.2, 0.25) is 0 Å². The molecule has 21 heavy (non-hydrogen) atoms. The lowest BCUT2D eigenvalue weighted by Crippen LogP contribution is -2.11. The number of phenols is 1. The van der Waals surface area contributed by atoms with Gasteiger partial charge in [0.2, 0.25) is 0 Å². The fourth-order valence-electron chi connectivity index (χ4n) is 1.82. The van der Waals surface area contributed by atoms with E-state index in [1.807, 2.05) is 6.07 Å². The molecule has 0 heterocycles. The van der Waals surface area contributed by atoms with Crippen LogP contribution < -0.4 is 10.6 Å². The van der Waals surface area contributed by atoms with Gasteiger partial charge in [-0.25, -0.2) is 9.18 Å². The summed E-state index contributed by atoms with van der Waals surface area (Å²) in [5, 5.41) is 15.0. The summed E-state index contributed by atoms with van der Waals surface area (Å²) in [5.41, 5.74) is 1.93. The van der Waals surface area contributed by atoms with Gasteiger partial charge in [0.1, 0.15) is 11.6 Å². The average Bonchev–Trinajstić information content (AvgIpc) is 2.44. The summed E-state index contributed by atoms with van der Waals surface area (Å²) in [6, 6.07) is 10.9. The monoisotopic (exact) mass is 290 g/mol.